The molecule has 0 spiro atoms. The van der Waals surface area contributed by atoms with E-state index in [0.717, 1.165) is 41.7 Å². The first-order valence-corrected chi connectivity index (χ1v) is 16.6. The molecule has 4 heterocycles. The number of aliphatic carboxylic acids is 1. The Morgan fingerprint density at radius 3 is 1.65 bits per heavy atom. The van der Waals surface area contributed by atoms with Crippen molar-refractivity contribution in [2.45, 2.75) is 75.3 Å². The van der Waals surface area contributed by atoms with E-state index in [1.54, 1.807) is 13.8 Å². The molecule has 0 bridgehead atoms. The van der Waals surface area contributed by atoms with Crippen molar-refractivity contribution in [3.63, 3.8) is 0 Å². The zero-order chi connectivity index (χ0) is 35.4. The number of nitrogens with zero attached hydrogens (tertiary/aromatic N) is 2. The fourth-order valence-corrected chi connectivity index (χ4v) is 8.29. The second-order valence-corrected chi connectivity index (χ2v) is 13.5. The van der Waals surface area contributed by atoms with Crippen LogP contribution in [0.2, 0.25) is 0 Å². The summed E-state index contributed by atoms with van der Waals surface area (Å²) in [5, 5.41) is 16.6. The Bertz CT molecular complexity index is 2100. The number of imidazole rings is 2. The van der Waals surface area contributed by atoms with E-state index in [1.165, 1.54) is 18.2 Å². The van der Waals surface area contributed by atoms with Crippen molar-refractivity contribution in [1.29, 1.82) is 0 Å². The van der Waals surface area contributed by atoms with Gasteiger partial charge in [0, 0.05) is 65.1 Å². The molecule has 2 aromatic heterocycles. The maximum Gasteiger partial charge on any atom is 1.00 e. The summed E-state index contributed by atoms with van der Waals surface area (Å²) in [7, 11) is 0. The first-order chi connectivity index (χ1) is 23.3. The van der Waals surface area contributed by atoms with Crippen LogP contribution in [0.25, 0.3) is 0 Å². The molecule has 4 aromatic rings. The summed E-state index contributed by atoms with van der Waals surface area (Å²) in [6.45, 7) is 4.97. The van der Waals surface area contributed by atoms with Crippen molar-refractivity contribution in [3.8, 4) is 0 Å². The molecule has 2 aliphatic carbocycles. The third-order valence-corrected chi connectivity index (χ3v) is 10.4. The number of rotatable bonds is 7. The Morgan fingerprint density at radius 1 is 0.843 bits per heavy atom. The van der Waals surface area contributed by atoms with Crippen molar-refractivity contribution in [1.82, 2.24) is 19.1 Å². The van der Waals surface area contributed by atoms with Gasteiger partial charge in [-0.3, -0.25) is 9.59 Å². The van der Waals surface area contributed by atoms with Crippen molar-refractivity contribution in [3.05, 3.63) is 103 Å². The monoisotopic (exact) mass is 758 g/mol. The van der Waals surface area contributed by atoms with E-state index in [1.807, 2.05) is 9.13 Å². The number of benzene rings is 2. The van der Waals surface area contributed by atoms with Gasteiger partial charge in [-0.1, -0.05) is 0 Å². The average molecular weight is 759 g/mol. The van der Waals surface area contributed by atoms with Gasteiger partial charge in [-0.2, -0.15) is 0 Å². The molecule has 2 aliphatic heterocycles. The number of carbonyl (C=O) groups is 2. The van der Waals surface area contributed by atoms with Crippen LogP contribution < -0.4 is 29.6 Å². The van der Waals surface area contributed by atoms with Crippen LogP contribution in [0.3, 0.4) is 0 Å². The number of nitrogens with one attached hydrogen (secondary N) is 2. The van der Waals surface area contributed by atoms with Crippen LogP contribution in [0.5, 0.6) is 0 Å². The van der Waals surface area contributed by atoms with Crippen LogP contribution in [0.4, 0.5) is 17.6 Å². The molecule has 2 fully saturated rings. The molecule has 4 aliphatic rings. The van der Waals surface area contributed by atoms with Crippen molar-refractivity contribution < 1.29 is 77.1 Å². The summed E-state index contributed by atoms with van der Waals surface area (Å²) in [5.41, 5.74) is 2.86. The number of hydrogen-bond donors (Lipinski definition) is 4. The van der Waals surface area contributed by atoms with Gasteiger partial charge in [0.05, 0.1) is 19.4 Å². The Kier molecular flexibility index (Phi) is 12.3. The minimum atomic E-state index is -0.949. The molecule has 10 nitrogen and oxygen atoms in total. The van der Waals surface area contributed by atoms with Gasteiger partial charge >= 0.3 is 41.5 Å². The van der Waals surface area contributed by atoms with Crippen LogP contribution in [-0.2, 0) is 51.1 Å². The Morgan fingerprint density at radius 2 is 1.25 bits per heavy atom. The predicted molar refractivity (Wildman–Crippen MR) is 176 cm³/mol. The Labute approximate surface area is 322 Å². The van der Waals surface area contributed by atoms with Crippen molar-refractivity contribution in [2.75, 3.05) is 13.2 Å². The van der Waals surface area contributed by atoms with Crippen molar-refractivity contribution >= 4 is 36.4 Å². The second kappa shape index (κ2) is 15.5. The number of hydrogen-bond acceptors (Lipinski definition) is 7. The molecule has 8 rings (SSSR count). The van der Waals surface area contributed by atoms with E-state index in [2.05, 4.69) is 9.97 Å². The van der Waals surface area contributed by atoms with E-state index in [-0.39, 0.29) is 72.3 Å². The van der Waals surface area contributed by atoms with Gasteiger partial charge in [0.2, 0.25) is 0 Å². The summed E-state index contributed by atoms with van der Waals surface area (Å²) < 4.78 is 65.1. The summed E-state index contributed by atoms with van der Waals surface area (Å²) in [4.78, 5) is 28.8. The number of aromatic nitrogens is 4. The fraction of sp³-hybridized carbons (Fsp3) is 0.412. The number of aliphatic hydroxyl groups excluding tert-OH is 1. The second-order valence-electron chi connectivity index (χ2n) is 12.7. The first-order valence-electron chi connectivity index (χ1n) is 15.8. The number of ether oxygens (including phenoxy) is 1. The molecule has 51 heavy (non-hydrogen) atoms. The van der Waals surface area contributed by atoms with E-state index in [4.69, 9.17) is 39.4 Å². The van der Waals surface area contributed by atoms with Crippen LogP contribution in [0.15, 0.2) is 36.4 Å². The smallest absolute Gasteiger partial charge is 0.870 e. The molecule has 0 unspecified atom stereocenters. The van der Waals surface area contributed by atoms with Gasteiger partial charge in [-0.25, -0.2) is 17.6 Å². The summed E-state index contributed by atoms with van der Waals surface area (Å²) in [6, 6.07) is 7.06. The van der Waals surface area contributed by atoms with Gasteiger partial charge in [-0.05, 0) is 98.6 Å². The van der Waals surface area contributed by atoms with Crippen LogP contribution in [-0.4, -0.2) is 59.9 Å². The molecule has 0 amide bonds. The molecule has 2 aromatic carbocycles. The van der Waals surface area contributed by atoms with Crippen LogP contribution in [0, 0.1) is 32.8 Å². The number of carboxylic acids is 1. The minimum Gasteiger partial charge on any atom is -0.870 e. The maximum atomic E-state index is 14.3. The van der Waals surface area contributed by atoms with Gasteiger partial charge in [-0.15, -0.1) is 0 Å². The SMILES string of the molecule is CCO.CCOC(=O)Cc1[nH]c(=S)n2c1[C@@H]1C[C@]1(c1cc(F)ccc1F)C2.O=C(O)Cc1[nH]c(=S)n2c1[C@@H]1C[C@]1(c1cc(F)ccc1F)C2.[Na+].[OH-]. The quantitative estimate of drug-likeness (QED) is 0.0971. The number of aliphatic hydroxyl groups is 1. The molecule has 0 radical (unpaired) electrons. The largest absolute Gasteiger partial charge is 1.00 e. The molecular weight excluding hydrogens is 724 g/mol. The van der Waals surface area contributed by atoms with E-state index in [9.17, 15) is 27.2 Å². The van der Waals surface area contributed by atoms with Crippen molar-refractivity contribution in [2.24, 2.45) is 0 Å². The molecule has 0 saturated heterocycles. The number of esters is 1. The van der Waals surface area contributed by atoms with Gasteiger partial charge < -0.3 is 39.5 Å². The van der Waals surface area contributed by atoms with E-state index in [0.29, 0.717) is 52.5 Å². The topological polar surface area (TPSA) is 155 Å². The number of carboxylic acid groups (broad SMARTS) is 1. The standard InChI is InChI=1S/C17H16F2N2O2S.C15H12F2N2O2S.C2H6O.Na.H2O/c1-2-23-14(22)6-13-15-11-7-17(11,8-21(15)16(24)20-13)10-5-9(18)3-4-12(10)19;16-7-1-2-10(17)8(3-7)15-5-9(15)13-11(4-12(20)21)18-14(22)19(13)6-15;1-2-3;;/h3-5,11H,2,6-8H2,1H3,(H,20,24);1-3,9H,4-6H2,(H,18,22)(H,20,21);3H,2H2,1H3;;1H2/q;;;+1;/p-1/t11-,17+;9-,15+;;;/m00.../s1. The zero-order valence-electron chi connectivity index (χ0n) is 28.1. The minimum absolute atomic E-state index is 0. The van der Waals surface area contributed by atoms with E-state index < -0.39 is 40.1 Å². The number of halogens is 4. The summed E-state index contributed by atoms with van der Waals surface area (Å²) >= 11 is 10.6. The normalized spacial score (nSPS) is 22.3. The number of fused-ring (bicyclic) bond motifs is 6. The molecule has 2 saturated carbocycles. The maximum absolute atomic E-state index is 14.3. The fourth-order valence-electron chi connectivity index (χ4n) is 7.72. The zero-order valence-corrected chi connectivity index (χ0v) is 31.7. The van der Waals surface area contributed by atoms with Crippen LogP contribution >= 0.6 is 24.4 Å². The molecule has 4 atom stereocenters. The third-order valence-electron chi connectivity index (χ3n) is 9.78. The molecule has 17 heteroatoms. The van der Waals surface area contributed by atoms with E-state index >= 15 is 0 Å². The summed E-state index contributed by atoms with van der Waals surface area (Å²) in [6.07, 6.45) is 1.38. The average Bonchev–Trinajstić information content (AvgIpc) is 3.75. The predicted octanol–water partition coefficient (Wildman–Crippen LogP) is 3.08. The third kappa shape index (κ3) is 7.28. The van der Waals surface area contributed by atoms with Gasteiger partial charge in [0.25, 0.3) is 0 Å². The molecule has 268 valence electrons. The number of carbonyl (C=O) groups excluding carboxylic acids is 1. The number of H-pyrrole nitrogens is 2. The van der Waals surface area contributed by atoms with Gasteiger partial charge in [0.15, 0.2) is 9.54 Å². The van der Waals surface area contributed by atoms with Gasteiger partial charge in [0.1, 0.15) is 23.3 Å². The first kappa shape index (κ1) is 40.6. The number of aromatic amines is 2. The van der Waals surface area contributed by atoms with Crippen LogP contribution in [0.1, 0.15) is 72.4 Å². The molecule has 5 N–H and O–H groups in total. The Balaban J connectivity index is 0.000000206. The summed E-state index contributed by atoms with van der Waals surface area (Å²) in [5.74, 6) is -2.97. The Hall–Kier alpha value is -3.12. The molecular formula is C34H35F4N4NaO6S2.